The molecule has 0 aliphatic carbocycles. The molecule has 1 aliphatic heterocycles. The Morgan fingerprint density at radius 1 is 1.50 bits per heavy atom. The van der Waals surface area contributed by atoms with Crippen molar-refractivity contribution in [2.45, 2.75) is 31.3 Å². The molecular weight excluding hydrogens is 268 g/mol. The van der Waals surface area contributed by atoms with Crippen molar-refractivity contribution >= 4 is 17.8 Å². The molecular formula is C11H16N4O5. The van der Waals surface area contributed by atoms with Crippen molar-refractivity contribution in [1.29, 1.82) is 0 Å². The molecule has 1 saturated heterocycles. The molecule has 0 saturated carbocycles. The zero-order valence-electron chi connectivity index (χ0n) is 10.6. The second-order valence-corrected chi connectivity index (χ2v) is 4.22. The zero-order valence-corrected chi connectivity index (χ0v) is 10.6. The number of hydrogen-bond acceptors (Lipinski definition) is 5. The van der Waals surface area contributed by atoms with Crippen molar-refractivity contribution in [2.24, 2.45) is 5.73 Å². The predicted molar refractivity (Wildman–Crippen MR) is 66.7 cm³/mol. The van der Waals surface area contributed by atoms with E-state index in [2.05, 4.69) is 15.3 Å². The Morgan fingerprint density at radius 3 is 2.55 bits per heavy atom. The van der Waals surface area contributed by atoms with Crippen LogP contribution in [0.4, 0.5) is 0 Å². The summed E-state index contributed by atoms with van der Waals surface area (Å²) in [7, 11) is 0. The highest BCUT2D eigenvalue weighted by atomic mass is 16.4. The number of imidazole rings is 1. The molecule has 0 aromatic carbocycles. The monoisotopic (exact) mass is 284 g/mol. The number of nitrogens with zero attached hydrogens (tertiary/aromatic N) is 1. The minimum absolute atomic E-state index is 0.164. The molecule has 0 spiro atoms. The number of nitrogens with one attached hydrogen (secondary N) is 2. The average molecular weight is 284 g/mol. The highest BCUT2D eigenvalue weighted by molar-refractivity contribution is 5.87. The van der Waals surface area contributed by atoms with Crippen LogP contribution in [-0.2, 0) is 20.8 Å². The topological polar surface area (TPSA) is 158 Å². The lowest BCUT2D eigenvalue weighted by atomic mass is 10.2. The van der Waals surface area contributed by atoms with Gasteiger partial charge in [-0.1, -0.05) is 0 Å². The van der Waals surface area contributed by atoms with Gasteiger partial charge in [0.1, 0.15) is 12.1 Å². The first kappa shape index (κ1) is 15.6. The highest BCUT2D eigenvalue weighted by Crippen LogP contribution is 2.05. The van der Waals surface area contributed by atoms with Crippen LogP contribution in [0.5, 0.6) is 0 Å². The van der Waals surface area contributed by atoms with E-state index in [1.165, 1.54) is 6.33 Å². The maximum absolute atomic E-state index is 10.4. The summed E-state index contributed by atoms with van der Waals surface area (Å²) in [6, 6.07) is -1.49. The third-order valence-electron chi connectivity index (χ3n) is 2.61. The zero-order chi connectivity index (χ0) is 15.1. The third kappa shape index (κ3) is 5.06. The van der Waals surface area contributed by atoms with Gasteiger partial charge in [-0.05, 0) is 6.42 Å². The van der Waals surface area contributed by atoms with Gasteiger partial charge < -0.3 is 26.2 Å². The number of aromatic nitrogens is 2. The van der Waals surface area contributed by atoms with Gasteiger partial charge in [0.05, 0.1) is 6.33 Å². The number of carbonyl (C=O) groups is 3. The van der Waals surface area contributed by atoms with Gasteiger partial charge in [0.15, 0.2) is 0 Å². The summed E-state index contributed by atoms with van der Waals surface area (Å²) in [5, 5.41) is 19.1. The van der Waals surface area contributed by atoms with Crippen LogP contribution >= 0.6 is 0 Å². The molecule has 2 rings (SSSR count). The molecule has 9 nitrogen and oxygen atoms in total. The number of nitrogens with two attached hydrogens (primary N) is 1. The quantitative estimate of drug-likeness (QED) is 0.460. The highest BCUT2D eigenvalue weighted by Gasteiger charge is 2.26. The molecule has 1 amide bonds. The van der Waals surface area contributed by atoms with Gasteiger partial charge in [0, 0.05) is 24.7 Å². The first-order chi connectivity index (χ1) is 9.40. The summed E-state index contributed by atoms with van der Waals surface area (Å²) in [6.07, 6.45) is 4.10. The third-order valence-corrected chi connectivity index (χ3v) is 2.61. The van der Waals surface area contributed by atoms with Crippen LogP contribution in [-0.4, -0.2) is 50.1 Å². The smallest absolute Gasteiger partial charge is 0.326 e. The van der Waals surface area contributed by atoms with Crippen LogP contribution < -0.4 is 11.1 Å². The van der Waals surface area contributed by atoms with Gasteiger partial charge in [0.25, 0.3) is 0 Å². The maximum atomic E-state index is 10.4. The molecule has 1 aliphatic rings. The Bertz CT molecular complexity index is 473. The molecule has 2 heterocycles. The van der Waals surface area contributed by atoms with Gasteiger partial charge >= 0.3 is 11.9 Å². The molecule has 0 bridgehead atoms. The number of H-pyrrole nitrogens is 1. The van der Waals surface area contributed by atoms with Crippen LogP contribution in [0.1, 0.15) is 18.5 Å². The van der Waals surface area contributed by atoms with E-state index in [0.717, 1.165) is 5.69 Å². The Labute approximate surface area is 114 Å². The first-order valence-corrected chi connectivity index (χ1v) is 5.88. The summed E-state index contributed by atoms with van der Waals surface area (Å²) in [4.78, 5) is 37.3. The molecule has 1 aromatic rings. The van der Waals surface area contributed by atoms with E-state index in [-0.39, 0.29) is 12.3 Å². The molecule has 0 unspecified atom stereocenters. The fourth-order valence-electron chi connectivity index (χ4n) is 1.52. The lowest BCUT2D eigenvalue weighted by molar-refractivity contribution is -0.140. The van der Waals surface area contributed by atoms with E-state index in [4.69, 9.17) is 15.9 Å². The molecule has 9 heteroatoms. The molecule has 20 heavy (non-hydrogen) atoms. The van der Waals surface area contributed by atoms with Crippen LogP contribution in [0.2, 0.25) is 0 Å². The fraction of sp³-hybridized carbons (Fsp3) is 0.455. The van der Waals surface area contributed by atoms with Crippen molar-refractivity contribution < 1.29 is 24.6 Å². The van der Waals surface area contributed by atoms with Crippen molar-refractivity contribution in [3.8, 4) is 0 Å². The van der Waals surface area contributed by atoms with Crippen LogP contribution in [0.3, 0.4) is 0 Å². The van der Waals surface area contributed by atoms with E-state index in [1.807, 2.05) is 0 Å². The lowest BCUT2D eigenvalue weighted by Crippen LogP contribution is -2.32. The van der Waals surface area contributed by atoms with Crippen molar-refractivity contribution in [3.63, 3.8) is 0 Å². The summed E-state index contributed by atoms with van der Waals surface area (Å²) in [5.41, 5.74) is 6.00. The molecule has 110 valence electrons. The molecule has 2 atom stereocenters. The van der Waals surface area contributed by atoms with E-state index in [9.17, 15) is 14.4 Å². The Kier molecular flexibility index (Phi) is 5.66. The number of aromatic amines is 1. The standard InChI is InChI=1S/C6H9N3O2.C5H7NO3/c7-5(6(10)11)1-4-2-8-3-9-4;7-4-2-1-3(6-4)5(8)9/h2-3,5H,1,7H2,(H,8,9)(H,10,11);3H,1-2H2,(H,6,7)(H,8,9)/t5-;3-/m00/s1. The number of hydrogen-bond donors (Lipinski definition) is 5. The van der Waals surface area contributed by atoms with E-state index >= 15 is 0 Å². The predicted octanol–water partition coefficient (Wildman–Crippen LogP) is -1.29. The second-order valence-electron chi connectivity index (χ2n) is 4.22. The fourth-order valence-corrected chi connectivity index (χ4v) is 1.52. The van der Waals surface area contributed by atoms with Gasteiger partial charge in [-0.2, -0.15) is 0 Å². The SMILES string of the molecule is N[C@@H](Cc1cnc[nH]1)C(=O)O.O=C1CC[C@@H](C(=O)O)N1. The Balaban J connectivity index is 0.000000204. The number of carboxylic acids is 2. The van der Waals surface area contributed by atoms with Crippen LogP contribution in [0.15, 0.2) is 12.5 Å². The minimum Gasteiger partial charge on any atom is -0.480 e. The van der Waals surface area contributed by atoms with E-state index in [1.54, 1.807) is 6.20 Å². The minimum atomic E-state index is -1.00. The van der Waals surface area contributed by atoms with Crippen LogP contribution in [0.25, 0.3) is 0 Å². The summed E-state index contributed by atoms with van der Waals surface area (Å²) in [6.45, 7) is 0. The maximum Gasteiger partial charge on any atom is 0.326 e. The number of carboxylic acid groups (broad SMARTS) is 2. The van der Waals surface area contributed by atoms with Crippen molar-refractivity contribution in [3.05, 3.63) is 18.2 Å². The van der Waals surface area contributed by atoms with Gasteiger partial charge in [-0.15, -0.1) is 0 Å². The van der Waals surface area contributed by atoms with Crippen molar-refractivity contribution in [1.82, 2.24) is 15.3 Å². The van der Waals surface area contributed by atoms with Crippen molar-refractivity contribution in [2.75, 3.05) is 0 Å². The number of amides is 1. The largest absolute Gasteiger partial charge is 0.480 e. The Hall–Kier alpha value is -2.42. The lowest BCUT2D eigenvalue weighted by Gasteiger charge is -2.02. The van der Waals surface area contributed by atoms with Crippen LogP contribution in [0, 0.1) is 0 Å². The Morgan fingerprint density at radius 2 is 2.20 bits per heavy atom. The molecule has 1 fully saturated rings. The molecule has 0 radical (unpaired) electrons. The normalized spacial score (nSPS) is 18.6. The average Bonchev–Trinajstić information content (AvgIpc) is 3.01. The second kappa shape index (κ2) is 7.24. The van der Waals surface area contributed by atoms with Gasteiger partial charge in [-0.25, -0.2) is 9.78 Å². The summed E-state index contributed by atoms with van der Waals surface area (Å²) in [5.74, 6) is -2.11. The first-order valence-electron chi connectivity index (χ1n) is 5.88. The number of carbonyl (C=O) groups excluding carboxylic acids is 1. The summed E-state index contributed by atoms with van der Waals surface area (Å²) < 4.78 is 0. The van der Waals surface area contributed by atoms with E-state index < -0.39 is 24.0 Å². The van der Waals surface area contributed by atoms with Gasteiger partial charge in [-0.3, -0.25) is 9.59 Å². The molecule has 1 aromatic heterocycles. The number of rotatable bonds is 4. The molecule has 6 N–H and O–H groups in total. The summed E-state index contributed by atoms with van der Waals surface area (Å²) >= 11 is 0. The number of aliphatic carboxylic acids is 2. The van der Waals surface area contributed by atoms with E-state index in [0.29, 0.717) is 12.8 Å². The van der Waals surface area contributed by atoms with Gasteiger partial charge in [0.2, 0.25) is 5.91 Å².